The molecule has 0 amide bonds. The Hall–Kier alpha value is -3.28. The maximum atomic E-state index is 11.5. The Morgan fingerprint density at radius 3 is 1.56 bits per heavy atom. The molecular formula is C26H35NO5. The lowest BCUT2D eigenvalue weighted by atomic mass is 10.00. The van der Waals surface area contributed by atoms with Gasteiger partial charge in [-0.15, -0.1) is 0 Å². The number of carbonyl (C=O) groups is 4. The second-order valence-electron chi connectivity index (χ2n) is 7.78. The quantitative estimate of drug-likeness (QED) is 0.369. The molecule has 174 valence electrons. The molecule has 0 aliphatic rings. The molecule has 0 radical (unpaired) electrons. The Balaban J connectivity index is 0.000000487. The van der Waals surface area contributed by atoms with Crippen molar-refractivity contribution in [1.29, 1.82) is 0 Å². The molecule has 6 heteroatoms. The maximum absolute atomic E-state index is 11.5. The van der Waals surface area contributed by atoms with Gasteiger partial charge in [0.2, 0.25) is 0 Å². The summed E-state index contributed by atoms with van der Waals surface area (Å²) in [6, 6.07) is 19.0. The van der Waals surface area contributed by atoms with Crippen LogP contribution in [0.25, 0.3) is 0 Å². The highest BCUT2D eigenvalue weighted by atomic mass is 16.5. The van der Waals surface area contributed by atoms with Gasteiger partial charge < -0.3 is 10.5 Å². The summed E-state index contributed by atoms with van der Waals surface area (Å²) >= 11 is 0. The highest BCUT2D eigenvalue weighted by molar-refractivity contribution is 6.00. The van der Waals surface area contributed by atoms with Gasteiger partial charge in [-0.1, -0.05) is 76.2 Å². The third-order valence-corrected chi connectivity index (χ3v) is 4.25. The highest BCUT2D eigenvalue weighted by Gasteiger charge is 2.13. The van der Waals surface area contributed by atoms with Gasteiger partial charge in [0, 0.05) is 23.9 Å². The van der Waals surface area contributed by atoms with E-state index >= 15 is 0 Å². The third-order valence-electron chi connectivity index (χ3n) is 4.25. The Kier molecular flexibility index (Phi) is 14.7. The van der Waals surface area contributed by atoms with E-state index in [0.717, 1.165) is 11.3 Å². The zero-order valence-corrected chi connectivity index (χ0v) is 19.7. The molecule has 0 spiro atoms. The van der Waals surface area contributed by atoms with Gasteiger partial charge in [0.15, 0.2) is 0 Å². The lowest BCUT2D eigenvalue weighted by Gasteiger charge is -2.03. The van der Waals surface area contributed by atoms with Crippen molar-refractivity contribution in [3.63, 3.8) is 0 Å². The molecule has 0 bridgehead atoms. The van der Waals surface area contributed by atoms with Gasteiger partial charge in [-0.3, -0.25) is 19.2 Å². The fourth-order valence-corrected chi connectivity index (χ4v) is 2.16. The Bertz CT molecular complexity index is 830. The van der Waals surface area contributed by atoms with E-state index in [0.29, 0.717) is 6.42 Å². The molecule has 0 fully saturated rings. The lowest BCUT2D eigenvalue weighted by molar-refractivity contribution is -0.144. The van der Waals surface area contributed by atoms with Gasteiger partial charge in [-0.05, 0) is 17.7 Å². The molecule has 0 aromatic heterocycles. The van der Waals surface area contributed by atoms with Crippen molar-refractivity contribution in [3.05, 3.63) is 66.2 Å². The van der Waals surface area contributed by atoms with Crippen LogP contribution in [0.1, 0.15) is 46.1 Å². The summed E-state index contributed by atoms with van der Waals surface area (Å²) in [6.45, 7) is 7.15. The van der Waals surface area contributed by atoms with Crippen LogP contribution in [-0.4, -0.2) is 30.4 Å². The van der Waals surface area contributed by atoms with Gasteiger partial charge in [-0.25, -0.2) is 0 Å². The number of methoxy groups -OCH3 is 1. The van der Waals surface area contributed by atoms with E-state index in [1.165, 1.54) is 7.11 Å². The standard InChI is InChI=1S/C13H16O2.C7H12O3.C6H7N/c1-10(2)13(15)9-12(14)8-11-6-4-3-5-7-11;1-5(2)6(8)4-7(9)10-3;7-6-4-2-1-3-5-6/h3-7,10H,8-9H2,1-2H3;5H,4H2,1-3H3;1-5H,7H2. The summed E-state index contributed by atoms with van der Waals surface area (Å²) in [5, 5.41) is 0. The average Bonchev–Trinajstić information content (AvgIpc) is 2.75. The van der Waals surface area contributed by atoms with Gasteiger partial charge in [0.05, 0.1) is 13.5 Å². The van der Waals surface area contributed by atoms with Gasteiger partial charge in [0.1, 0.15) is 23.8 Å². The maximum Gasteiger partial charge on any atom is 0.313 e. The monoisotopic (exact) mass is 441 g/mol. The number of anilines is 1. The van der Waals surface area contributed by atoms with Gasteiger partial charge in [-0.2, -0.15) is 0 Å². The topological polar surface area (TPSA) is 104 Å². The molecule has 2 rings (SSSR count). The first-order valence-electron chi connectivity index (χ1n) is 10.5. The van der Waals surface area contributed by atoms with E-state index in [4.69, 9.17) is 5.73 Å². The Morgan fingerprint density at radius 1 is 0.750 bits per heavy atom. The number of para-hydroxylation sites is 1. The first-order valence-corrected chi connectivity index (χ1v) is 10.5. The van der Waals surface area contributed by atoms with Crippen molar-refractivity contribution in [2.24, 2.45) is 11.8 Å². The minimum atomic E-state index is -0.460. The van der Waals surface area contributed by atoms with E-state index in [2.05, 4.69) is 4.74 Å². The van der Waals surface area contributed by atoms with Crippen LogP contribution in [0.5, 0.6) is 0 Å². The van der Waals surface area contributed by atoms with Crippen LogP contribution in [0.4, 0.5) is 5.69 Å². The largest absolute Gasteiger partial charge is 0.469 e. The summed E-state index contributed by atoms with van der Waals surface area (Å²) in [4.78, 5) is 44.1. The average molecular weight is 442 g/mol. The predicted molar refractivity (Wildman–Crippen MR) is 127 cm³/mol. The number of ether oxygens (including phenoxy) is 1. The first-order chi connectivity index (χ1) is 15.1. The lowest BCUT2D eigenvalue weighted by Crippen LogP contribution is -2.14. The van der Waals surface area contributed by atoms with Crippen molar-refractivity contribution in [2.75, 3.05) is 12.8 Å². The first kappa shape index (κ1) is 28.7. The molecule has 0 saturated carbocycles. The highest BCUT2D eigenvalue weighted by Crippen LogP contribution is 2.05. The van der Waals surface area contributed by atoms with Crippen LogP contribution in [-0.2, 0) is 30.3 Å². The fraction of sp³-hybridized carbons (Fsp3) is 0.385. The molecule has 2 N–H and O–H groups in total. The van der Waals surface area contributed by atoms with Crippen molar-refractivity contribution < 1.29 is 23.9 Å². The van der Waals surface area contributed by atoms with Crippen LogP contribution >= 0.6 is 0 Å². The molecule has 0 unspecified atom stereocenters. The number of nitrogens with two attached hydrogens (primary N) is 1. The molecule has 2 aromatic carbocycles. The number of nitrogen functional groups attached to an aromatic ring is 1. The van der Waals surface area contributed by atoms with Crippen molar-refractivity contribution in [3.8, 4) is 0 Å². The smallest absolute Gasteiger partial charge is 0.313 e. The van der Waals surface area contributed by atoms with Crippen LogP contribution in [0.3, 0.4) is 0 Å². The number of esters is 1. The molecule has 6 nitrogen and oxygen atoms in total. The molecule has 0 saturated heterocycles. The second-order valence-corrected chi connectivity index (χ2v) is 7.78. The second kappa shape index (κ2) is 16.4. The zero-order valence-electron chi connectivity index (χ0n) is 19.7. The third kappa shape index (κ3) is 14.7. The number of hydrogen-bond donors (Lipinski definition) is 1. The van der Waals surface area contributed by atoms with Crippen LogP contribution in [0.2, 0.25) is 0 Å². The van der Waals surface area contributed by atoms with E-state index in [-0.39, 0.29) is 42.0 Å². The number of carbonyl (C=O) groups excluding carboxylic acids is 4. The van der Waals surface area contributed by atoms with Crippen LogP contribution in [0, 0.1) is 11.8 Å². The molecule has 0 aliphatic carbocycles. The fourth-order valence-electron chi connectivity index (χ4n) is 2.16. The Labute approximate surface area is 191 Å². The van der Waals surface area contributed by atoms with Gasteiger partial charge >= 0.3 is 5.97 Å². The number of rotatable bonds is 8. The zero-order chi connectivity index (χ0) is 24.5. The van der Waals surface area contributed by atoms with Crippen molar-refractivity contribution in [1.82, 2.24) is 0 Å². The van der Waals surface area contributed by atoms with Gasteiger partial charge in [0.25, 0.3) is 0 Å². The summed E-state index contributed by atoms with van der Waals surface area (Å²) < 4.78 is 4.31. The summed E-state index contributed by atoms with van der Waals surface area (Å²) in [6.07, 6.45) is 0.319. The Morgan fingerprint density at radius 2 is 1.19 bits per heavy atom. The van der Waals surface area contributed by atoms with E-state index in [1.807, 2.05) is 74.5 Å². The van der Waals surface area contributed by atoms with E-state index < -0.39 is 5.97 Å². The van der Waals surface area contributed by atoms with E-state index in [1.54, 1.807) is 13.8 Å². The molecule has 2 aromatic rings. The number of ketones is 3. The molecule has 0 heterocycles. The molecular weight excluding hydrogens is 406 g/mol. The summed E-state index contributed by atoms with van der Waals surface area (Å²) in [5.41, 5.74) is 7.15. The summed E-state index contributed by atoms with van der Waals surface area (Å²) in [5.74, 6) is -0.648. The molecule has 0 atom stereocenters. The van der Waals surface area contributed by atoms with Crippen molar-refractivity contribution >= 4 is 29.0 Å². The van der Waals surface area contributed by atoms with Crippen LogP contribution in [0.15, 0.2) is 60.7 Å². The number of hydrogen-bond acceptors (Lipinski definition) is 6. The molecule has 32 heavy (non-hydrogen) atoms. The normalized spacial score (nSPS) is 9.72. The predicted octanol–water partition coefficient (Wildman–Crippen LogP) is 4.46. The number of Topliss-reactive ketones (excluding diaryl/α,β-unsaturated/α-hetero) is 3. The number of benzene rings is 2. The SMILES string of the molecule is CC(C)C(=O)CC(=O)Cc1ccccc1.COC(=O)CC(=O)C(C)C.Nc1ccccc1. The summed E-state index contributed by atoms with van der Waals surface area (Å²) in [7, 11) is 1.27. The minimum absolute atomic E-state index is 0.0000926. The van der Waals surface area contributed by atoms with Crippen molar-refractivity contribution in [2.45, 2.75) is 47.0 Å². The minimum Gasteiger partial charge on any atom is -0.469 e. The molecule has 0 aliphatic heterocycles. The van der Waals surface area contributed by atoms with E-state index in [9.17, 15) is 19.2 Å². The van der Waals surface area contributed by atoms with Crippen LogP contribution < -0.4 is 5.73 Å².